The van der Waals surface area contributed by atoms with E-state index in [0.717, 1.165) is 40.5 Å². The van der Waals surface area contributed by atoms with E-state index in [-0.39, 0.29) is 5.91 Å². The molecule has 1 heterocycles. The molecule has 0 N–H and O–H groups in total. The highest BCUT2D eigenvalue weighted by Crippen LogP contribution is 2.30. The monoisotopic (exact) mass is 381 g/mol. The first kappa shape index (κ1) is 19.5. The van der Waals surface area contributed by atoms with Crippen molar-refractivity contribution in [1.29, 1.82) is 0 Å². The predicted octanol–water partition coefficient (Wildman–Crippen LogP) is 4.90. The van der Waals surface area contributed by atoms with Crippen LogP contribution >= 0.6 is 11.3 Å². The predicted molar refractivity (Wildman–Crippen MR) is 115 cm³/mol. The van der Waals surface area contributed by atoms with E-state index in [4.69, 9.17) is 4.98 Å². The van der Waals surface area contributed by atoms with Crippen LogP contribution in [-0.2, 0) is 0 Å². The fraction of sp³-hybridized carbons (Fsp3) is 0.364. The molecule has 0 radical (unpaired) electrons. The van der Waals surface area contributed by atoms with E-state index in [2.05, 4.69) is 37.8 Å². The molecule has 27 heavy (non-hydrogen) atoms. The summed E-state index contributed by atoms with van der Waals surface area (Å²) in [6, 6.07) is 14.0. The number of hydrogen-bond acceptors (Lipinski definition) is 4. The fourth-order valence-electron chi connectivity index (χ4n) is 3.13. The Morgan fingerprint density at radius 1 is 1.00 bits per heavy atom. The maximum absolute atomic E-state index is 13.3. The van der Waals surface area contributed by atoms with Crippen molar-refractivity contribution in [2.45, 2.75) is 27.7 Å². The average molecular weight is 382 g/mol. The van der Waals surface area contributed by atoms with Crippen molar-refractivity contribution in [1.82, 2.24) is 9.88 Å². The van der Waals surface area contributed by atoms with Crippen molar-refractivity contribution >= 4 is 32.6 Å². The van der Waals surface area contributed by atoms with Crippen molar-refractivity contribution in [3.05, 3.63) is 59.2 Å². The van der Waals surface area contributed by atoms with Crippen molar-refractivity contribution in [2.75, 3.05) is 31.1 Å². The van der Waals surface area contributed by atoms with Crippen LogP contribution in [0, 0.1) is 13.8 Å². The molecule has 0 fully saturated rings. The molecule has 0 aliphatic rings. The van der Waals surface area contributed by atoms with Gasteiger partial charge in [0.2, 0.25) is 0 Å². The largest absolute Gasteiger partial charge is 0.302 e. The van der Waals surface area contributed by atoms with E-state index in [0.29, 0.717) is 12.1 Å². The molecule has 0 saturated carbocycles. The van der Waals surface area contributed by atoms with Crippen LogP contribution < -0.4 is 4.90 Å². The molecule has 5 heteroatoms. The molecule has 1 amide bonds. The minimum atomic E-state index is 0.0154. The average Bonchev–Trinajstić information content (AvgIpc) is 3.07. The van der Waals surface area contributed by atoms with Gasteiger partial charge in [-0.15, -0.1) is 0 Å². The third-order valence-electron chi connectivity index (χ3n) is 4.81. The van der Waals surface area contributed by atoms with Crippen LogP contribution in [0.2, 0.25) is 0 Å². The van der Waals surface area contributed by atoms with E-state index in [9.17, 15) is 4.79 Å². The second kappa shape index (κ2) is 8.63. The highest BCUT2D eigenvalue weighted by atomic mass is 32.1. The molecule has 0 saturated heterocycles. The Balaban J connectivity index is 1.96. The molecular formula is C22H27N3OS. The molecule has 0 aliphatic carbocycles. The van der Waals surface area contributed by atoms with Crippen LogP contribution in [0.5, 0.6) is 0 Å². The number of amides is 1. The van der Waals surface area contributed by atoms with Crippen molar-refractivity contribution in [3.8, 4) is 0 Å². The van der Waals surface area contributed by atoms with Gasteiger partial charge in [0.1, 0.15) is 0 Å². The number of aromatic nitrogens is 1. The standard InChI is InChI=1S/C22H27N3OS/c1-5-24(6-2)12-13-25(21(26)18-9-7-8-16(3)14-18)22-23-19-11-10-17(4)15-20(19)27-22/h7-11,14-15H,5-6,12-13H2,1-4H3. The summed E-state index contributed by atoms with van der Waals surface area (Å²) in [5.74, 6) is 0.0154. The SMILES string of the molecule is CCN(CC)CCN(C(=O)c1cccc(C)c1)c1nc2ccc(C)cc2s1. The summed E-state index contributed by atoms with van der Waals surface area (Å²) in [5, 5.41) is 0.772. The minimum Gasteiger partial charge on any atom is -0.302 e. The third kappa shape index (κ3) is 4.54. The number of carbonyl (C=O) groups is 1. The molecular weight excluding hydrogens is 354 g/mol. The first-order valence-electron chi connectivity index (χ1n) is 9.50. The Kier molecular flexibility index (Phi) is 6.24. The quantitative estimate of drug-likeness (QED) is 0.584. The number of aryl methyl sites for hydroxylation is 2. The Bertz CT molecular complexity index is 930. The maximum atomic E-state index is 13.3. The first-order chi connectivity index (χ1) is 13.0. The van der Waals surface area contributed by atoms with Gasteiger partial charge >= 0.3 is 0 Å². The number of thiazole rings is 1. The molecule has 3 aromatic rings. The molecule has 1 aromatic heterocycles. The van der Waals surface area contributed by atoms with E-state index in [1.165, 1.54) is 5.56 Å². The Morgan fingerprint density at radius 3 is 2.44 bits per heavy atom. The highest BCUT2D eigenvalue weighted by molar-refractivity contribution is 7.22. The highest BCUT2D eigenvalue weighted by Gasteiger charge is 2.22. The zero-order valence-electron chi connectivity index (χ0n) is 16.5. The number of carbonyl (C=O) groups excluding carboxylic acids is 1. The first-order valence-corrected chi connectivity index (χ1v) is 10.3. The van der Waals surface area contributed by atoms with Gasteiger partial charge in [-0.25, -0.2) is 4.98 Å². The van der Waals surface area contributed by atoms with Gasteiger partial charge in [0, 0.05) is 18.7 Å². The minimum absolute atomic E-state index is 0.0154. The van der Waals surface area contributed by atoms with Gasteiger partial charge in [-0.3, -0.25) is 9.69 Å². The van der Waals surface area contributed by atoms with E-state index in [1.807, 2.05) is 42.2 Å². The lowest BCUT2D eigenvalue weighted by Crippen LogP contribution is -2.38. The lowest BCUT2D eigenvalue weighted by Gasteiger charge is -2.24. The Morgan fingerprint density at radius 2 is 1.74 bits per heavy atom. The summed E-state index contributed by atoms with van der Waals surface area (Å²) in [5.41, 5.74) is 3.96. The number of rotatable bonds is 7. The molecule has 0 bridgehead atoms. The van der Waals surface area contributed by atoms with Crippen LogP contribution in [0.25, 0.3) is 10.2 Å². The number of anilines is 1. The summed E-state index contributed by atoms with van der Waals surface area (Å²) in [7, 11) is 0. The second-order valence-electron chi connectivity index (χ2n) is 6.82. The summed E-state index contributed by atoms with van der Waals surface area (Å²) < 4.78 is 1.12. The zero-order valence-corrected chi connectivity index (χ0v) is 17.3. The maximum Gasteiger partial charge on any atom is 0.260 e. The van der Waals surface area contributed by atoms with Gasteiger partial charge in [0.05, 0.1) is 10.2 Å². The van der Waals surface area contributed by atoms with Gasteiger partial charge in [0.15, 0.2) is 5.13 Å². The zero-order chi connectivity index (χ0) is 19.4. The summed E-state index contributed by atoms with van der Waals surface area (Å²) in [4.78, 5) is 22.2. The molecule has 2 aromatic carbocycles. The lowest BCUT2D eigenvalue weighted by atomic mass is 10.1. The molecule has 0 atom stereocenters. The van der Waals surface area contributed by atoms with Crippen LogP contribution in [0.4, 0.5) is 5.13 Å². The number of likely N-dealkylation sites (N-methyl/N-ethyl adjacent to an activating group) is 1. The van der Waals surface area contributed by atoms with E-state index >= 15 is 0 Å². The molecule has 4 nitrogen and oxygen atoms in total. The number of benzene rings is 2. The second-order valence-corrected chi connectivity index (χ2v) is 7.83. The third-order valence-corrected chi connectivity index (χ3v) is 5.85. The molecule has 142 valence electrons. The van der Waals surface area contributed by atoms with Gasteiger partial charge in [0.25, 0.3) is 5.91 Å². The van der Waals surface area contributed by atoms with Crippen LogP contribution in [-0.4, -0.2) is 42.0 Å². The van der Waals surface area contributed by atoms with Gasteiger partial charge in [-0.2, -0.15) is 0 Å². The number of hydrogen-bond donors (Lipinski definition) is 0. The smallest absolute Gasteiger partial charge is 0.260 e. The lowest BCUT2D eigenvalue weighted by molar-refractivity contribution is 0.0983. The Labute approximate surface area is 165 Å². The summed E-state index contributed by atoms with van der Waals surface area (Å²) in [6.45, 7) is 11.8. The van der Waals surface area contributed by atoms with Crippen molar-refractivity contribution in [2.24, 2.45) is 0 Å². The number of nitrogens with zero attached hydrogens (tertiary/aromatic N) is 3. The van der Waals surface area contributed by atoms with Crippen LogP contribution in [0.1, 0.15) is 35.3 Å². The number of fused-ring (bicyclic) bond motifs is 1. The molecule has 0 spiro atoms. The van der Waals surface area contributed by atoms with Gasteiger partial charge in [-0.05, 0) is 56.8 Å². The van der Waals surface area contributed by atoms with Crippen molar-refractivity contribution in [3.63, 3.8) is 0 Å². The Hall–Kier alpha value is -2.24. The topological polar surface area (TPSA) is 36.4 Å². The summed E-state index contributed by atoms with van der Waals surface area (Å²) in [6.07, 6.45) is 0. The molecule has 0 aliphatic heterocycles. The van der Waals surface area contributed by atoms with Gasteiger partial charge in [-0.1, -0.05) is 48.9 Å². The fourth-order valence-corrected chi connectivity index (χ4v) is 4.22. The summed E-state index contributed by atoms with van der Waals surface area (Å²) >= 11 is 1.59. The van der Waals surface area contributed by atoms with E-state index < -0.39 is 0 Å². The van der Waals surface area contributed by atoms with Crippen LogP contribution in [0.3, 0.4) is 0 Å². The van der Waals surface area contributed by atoms with Gasteiger partial charge < -0.3 is 4.90 Å². The van der Waals surface area contributed by atoms with Crippen molar-refractivity contribution < 1.29 is 4.79 Å². The molecule has 3 rings (SSSR count). The van der Waals surface area contributed by atoms with E-state index in [1.54, 1.807) is 11.3 Å². The normalized spacial score (nSPS) is 11.3. The van der Waals surface area contributed by atoms with Crippen LogP contribution in [0.15, 0.2) is 42.5 Å². The molecule has 0 unspecified atom stereocenters.